The predicted octanol–water partition coefficient (Wildman–Crippen LogP) is 22.7. The maximum atomic E-state index is 12.9. The van der Waals surface area contributed by atoms with Crippen LogP contribution in [0.25, 0.3) is 0 Å². The molecule has 0 saturated carbocycles. The zero-order valence-electron chi connectivity index (χ0n) is 50.8. The van der Waals surface area contributed by atoms with Gasteiger partial charge in [-0.05, 0) is 89.9 Å². The van der Waals surface area contributed by atoms with Crippen molar-refractivity contribution in [3.63, 3.8) is 0 Å². The molecule has 0 bridgehead atoms. The summed E-state index contributed by atoms with van der Waals surface area (Å²) in [6, 6.07) is 0. The number of hydrogen-bond donors (Lipinski definition) is 0. The molecule has 6 heteroatoms. The van der Waals surface area contributed by atoms with E-state index in [0.29, 0.717) is 19.3 Å². The SMILES string of the molecule is CCCCCCC/C=C\C/C=C\C/C=C\CCCCCCCCCCCCCCCCC(=O)OCC(COC(=O)CCCCCCCCCC)OC(=O)CCCCCCCCCCC/C=C\C/C=C\CCCCCCC. The molecule has 0 aliphatic heterocycles. The minimum absolute atomic E-state index is 0.0728. The van der Waals surface area contributed by atoms with Crippen molar-refractivity contribution in [3.8, 4) is 0 Å². The lowest BCUT2D eigenvalue weighted by atomic mass is 10.0. The van der Waals surface area contributed by atoms with Crippen LogP contribution in [-0.2, 0) is 28.6 Å². The van der Waals surface area contributed by atoms with Crippen LogP contribution in [0.15, 0.2) is 60.8 Å². The normalized spacial score (nSPS) is 12.4. The fourth-order valence-electron chi connectivity index (χ4n) is 9.72. The van der Waals surface area contributed by atoms with Crippen molar-refractivity contribution in [1.29, 1.82) is 0 Å². The molecule has 1 unspecified atom stereocenters. The van der Waals surface area contributed by atoms with Crippen LogP contribution in [0.5, 0.6) is 0 Å². The van der Waals surface area contributed by atoms with E-state index in [9.17, 15) is 14.4 Å². The molecule has 442 valence electrons. The van der Waals surface area contributed by atoms with E-state index >= 15 is 0 Å². The molecule has 0 heterocycles. The highest BCUT2D eigenvalue weighted by Gasteiger charge is 2.19. The molecule has 0 saturated heterocycles. The molecule has 0 rings (SSSR count). The van der Waals surface area contributed by atoms with Crippen molar-refractivity contribution >= 4 is 17.9 Å². The van der Waals surface area contributed by atoms with Gasteiger partial charge in [-0.1, -0.05) is 300 Å². The first-order chi connectivity index (χ1) is 37.5. The van der Waals surface area contributed by atoms with Crippen molar-refractivity contribution in [1.82, 2.24) is 0 Å². The van der Waals surface area contributed by atoms with E-state index in [4.69, 9.17) is 14.2 Å². The predicted molar refractivity (Wildman–Crippen MR) is 330 cm³/mol. The summed E-state index contributed by atoms with van der Waals surface area (Å²) >= 11 is 0. The standard InChI is InChI=1S/C70H126O6/c1-4-7-10-13-16-19-21-23-25-27-29-31-32-33-34-35-36-37-38-40-41-43-45-47-49-51-54-57-60-63-69(72)75-66-67(65-74-68(71)62-59-56-53-18-15-12-9-6-3)76-70(73)64-61-58-55-52-50-48-46-44-42-39-30-28-26-24-22-20-17-14-11-8-5-2/h21-24,27-30,32-33,67H,4-20,25-26,31,34-66H2,1-3H3/b23-21-,24-22-,29-27-,30-28-,33-32-. The molecular formula is C70H126O6. The average Bonchev–Trinajstić information content (AvgIpc) is 3.42. The summed E-state index contributed by atoms with van der Waals surface area (Å²) < 4.78 is 16.9. The van der Waals surface area contributed by atoms with Gasteiger partial charge in [-0.25, -0.2) is 0 Å². The summed E-state index contributed by atoms with van der Waals surface area (Å²) in [7, 11) is 0. The molecule has 0 aliphatic rings. The Labute approximate surface area is 472 Å². The lowest BCUT2D eigenvalue weighted by molar-refractivity contribution is -0.167. The van der Waals surface area contributed by atoms with Crippen LogP contribution in [-0.4, -0.2) is 37.2 Å². The second kappa shape index (κ2) is 64.6. The van der Waals surface area contributed by atoms with E-state index in [2.05, 4.69) is 81.5 Å². The van der Waals surface area contributed by atoms with E-state index in [-0.39, 0.29) is 31.1 Å². The highest BCUT2D eigenvalue weighted by molar-refractivity contribution is 5.71. The fraction of sp³-hybridized carbons (Fsp3) is 0.814. The third-order valence-corrected chi connectivity index (χ3v) is 14.7. The van der Waals surface area contributed by atoms with Crippen molar-refractivity contribution in [3.05, 3.63) is 60.8 Å². The Morgan fingerprint density at radius 2 is 0.474 bits per heavy atom. The summed E-state index contributed by atoms with van der Waals surface area (Å²) in [6.07, 6.45) is 82.5. The van der Waals surface area contributed by atoms with Gasteiger partial charge in [0.1, 0.15) is 13.2 Å². The largest absolute Gasteiger partial charge is 0.462 e. The maximum absolute atomic E-state index is 12.9. The first kappa shape index (κ1) is 73.1. The maximum Gasteiger partial charge on any atom is 0.306 e. The Kier molecular flexibility index (Phi) is 62.2. The topological polar surface area (TPSA) is 78.9 Å². The van der Waals surface area contributed by atoms with Crippen LogP contribution in [0.2, 0.25) is 0 Å². The van der Waals surface area contributed by atoms with Crippen LogP contribution in [0, 0.1) is 0 Å². The van der Waals surface area contributed by atoms with Gasteiger partial charge in [0.15, 0.2) is 6.10 Å². The van der Waals surface area contributed by atoms with E-state index in [1.165, 1.54) is 231 Å². The van der Waals surface area contributed by atoms with Gasteiger partial charge < -0.3 is 14.2 Å². The molecule has 0 aromatic rings. The molecule has 1 atom stereocenters. The van der Waals surface area contributed by atoms with Crippen molar-refractivity contribution in [2.45, 2.75) is 354 Å². The third-order valence-electron chi connectivity index (χ3n) is 14.7. The minimum Gasteiger partial charge on any atom is -0.462 e. The van der Waals surface area contributed by atoms with E-state index < -0.39 is 6.10 Å². The van der Waals surface area contributed by atoms with Gasteiger partial charge in [-0.3, -0.25) is 14.4 Å². The lowest BCUT2D eigenvalue weighted by Crippen LogP contribution is -2.30. The van der Waals surface area contributed by atoms with E-state index in [1.807, 2.05) is 0 Å². The summed E-state index contributed by atoms with van der Waals surface area (Å²) in [5.74, 6) is -0.865. The summed E-state index contributed by atoms with van der Waals surface area (Å²) in [6.45, 7) is 6.63. The zero-order chi connectivity index (χ0) is 55.0. The Morgan fingerprint density at radius 3 is 0.737 bits per heavy atom. The molecule has 0 amide bonds. The Hall–Kier alpha value is -2.89. The average molecular weight is 1060 g/mol. The minimum atomic E-state index is -0.774. The second-order valence-corrected chi connectivity index (χ2v) is 22.4. The molecule has 0 aromatic heterocycles. The molecule has 0 spiro atoms. The smallest absolute Gasteiger partial charge is 0.306 e. The van der Waals surface area contributed by atoms with Gasteiger partial charge in [0.25, 0.3) is 0 Å². The number of esters is 3. The summed E-state index contributed by atoms with van der Waals surface area (Å²) in [4.78, 5) is 38.2. The number of carbonyl (C=O) groups is 3. The van der Waals surface area contributed by atoms with Crippen LogP contribution < -0.4 is 0 Å². The van der Waals surface area contributed by atoms with Crippen LogP contribution in [0.4, 0.5) is 0 Å². The highest BCUT2D eigenvalue weighted by atomic mass is 16.6. The van der Waals surface area contributed by atoms with Gasteiger partial charge in [0.05, 0.1) is 0 Å². The number of hydrogen-bond acceptors (Lipinski definition) is 6. The zero-order valence-corrected chi connectivity index (χ0v) is 50.8. The Balaban J connectivity index is 4.12. The number of carbonyl (C=O) groups excluding carboxylic acids is 3. The molecule has 0 aliphatic carbocycles. The molecule has 0 fully saturated rings. The Bertz CT molecular complexity index is 1360. The first-order valence-corrected chi connectivity index (χ1v) is 33.3. The van der Waals surface area contributed by atoms with Gasteiger partial charge in [-0.2, -0.15) is 0 Å². The molecule has 0 N–H and O–H groups in total. The van der Waals surface area contributed by atoms with E-state index in [1.54, 1.807) is 0 Å². The summed E-state index contributed by atoms with van der Waals surface area (Å²) in [5.41, 5.74) is 0. The molecule has 0 radical (unpaired) electrons. The summed E-state index contributed by atoms with van der Waals surface area (Å²) in [5, 5.41) is 0. The van der Waals surface area contributed by atoms with Crippen LogP contribution in [0.3, 0.4) is 0 Å². The monoisotopic (exact) mass is 1060 g/mol. The van der Waals surface area contributed by atoms with Crippen LogP contribution >= 0.6 is 0 Å². The quantitative estimate of drug-likeness (QED) is 0.0261. The third kappa shape index (κ3) is 62.0. The molecule has 6 nitrogen and oxygen atoms in total. The van der Waals surface area contributed by atoms with Gasteiger partial charge in [-0.15, -0.1) is 0 Å². The van der Waals surface area contributed by atoms with Crippen molar-refractivity contribution in [2.75, 3.05) is 13.2 Å². The molecular weight excluding hydrogens is 937 g/mol. The number of rotatable bonds is 61. The Morgan fingerprint density at radius 1 is 0.263 bits per heavy atom. The second-order valence-electron chi connectivity index (χ2n) is 22.4. The fourth-order valence-corrected chi connectivity index (χ4v) is 9.72. The molecule has 0 aromatic carbocycles. The number of allylic oxidation sites excluding steroid dienone is 10. The van der Waals surface area contributed by atoms with E-state index in [0.717, 1.165) is 77.0 Å². The van der Waals surface area contributed by atoms with Gasteiger partial charge in [0, 0.05) is 19.3 Å². The number of unbranched alkanes of at least 4 members (excludes halogenated alkanes) is 40. The lowest BCUT2D eigenvalue weighted by Gasteiger charge is -2.18. The van der Waals surface area contributed by atoms with Crippen molar-refractivity contribution < 1.29 is 28.6 Å². The van der Waals surface area contributed by atoms with Gasteiger partial charge in [0.2, 0.25) is 0 Å². The van der Waals surface area contributed by atoms with Crippen molar-refractivity contribution in [2.24, 2.45) is 0 Å². The van der Waals surface area contributed by atoms with Gasteiger partial charge >= 0.3 is 17.9 Å². The molecule has 76 heavy (non-hydrogen) atoms. The van der Waals surface area contributed by atoms with Crippen LogP contribution in [0.1, 0.15) is 348 Å². The first-order valence-electron chi connectivity index (χ1n) is 33.3. The number of ether oxygens (including phenoxy) is 3. The highest BCUT2D eigenvalue weighted by Crippen LogP contribution is 2.17.